The molecule has 0 spiro atoms. The molecule has 3 aromatic rings. The fourth-order valence-electron chi connectivity index (χ4n) is 2.45. The fourth-order valence-corrected chi connectivity index (χ4v) is 2.45. The lowest BCUT2D eigenvalue weighted by molar-refractivity contribution is 0.102. The standard InChI is InChI=1S/C17H16FN5O2/c1-10-8-11(2)23(20-10)15-6-4-12(9-13(15)18)19-17(25)14-5-7-16(24)22(3)21-14/h4-9H,1-3H3,(H,19,25). The largest absolute Gasteiger partial charge is 0.320 e. The van der Waals surface area contributed by atoms with E-state index >= 15 is 0 Å². The second-order valence-corrected chi connectivity index (χ2v) is 5.64. The third-order valence-corrected chi connectivity index (χ3v) is 3.64. The van der Waals surface area contributed by atoms with Crippen LogP contribution in [0.3, 0.4) is 0 Å². The van der Waals surface area contributed by atoms with E-state index in [9.17, 15) is 14.0 Å². The number of carbonyl (C=O) groups is 1. The van der Waals surface area contributed by atoms with Crippen molar-refractivity contribution in [2.24, 2.45) is 7.05 Å². The summed E-state index contributed by atoms with van der Waals surface area (Å²) >= 11 is 0. The van der Waals surface area contributed by atoms with Gasteiger partial charge >= 0.3 is 0 Å². The van der Waals surface area contributed by atoms with Gasteiger partial charge in [0.2, 0.25) is 0 Å². The summed E-state index contributed by atoms with van der Waals surface area (Å²) in [5, 5.41) is 10.7. The fraction of sp³-hybridized carbons (Fsp3) is 0.176. The van der Waals surface area contributed by atoms with Crippen molar-refractivity contribution in [3.63, 3.8) is 0 Å². The highest BCUT2D eigenvalue weighted by molar-refractivity contribution is 6.02. The Balaban J connectivity index is 1.85. The van der Waals surface area contributed by atoms with Gasteiger partial charge in [-0.25, -0.2) is 13.8 Å². The summed E-state index contributed by atoms with van der Waals surface area (Å²) < 4.78 is 17.0. The Morgan fingerprint density at radius 2 is 1.88 bits per heavy atom. The van der Waals surface area contributed by atoms with Crippen molar-refractivity contribution in [2.45, 2.75) is 13.8 Å². The number of benzene rings is 1. The van der Waals surface area contributed by atoms with Crippen molar-refractivity contribution in [3.05, 3.63) is 69.7 Å². The second kappa shape index (κ2) is 6.31. The van der Waals surface area contributed by atoms with E-state index in [0.717, 1.165) is 16.1 Å². The van der Waals surface area contributed by atoms with Crippen molar-refractivity contribution >= 4 is 11.6 Å². The maximum Gasteiger partial charge on any atom is 0.276 e. The highest BCUT2D eigenvalue weighted by Gasteiger charge is 2.13. The number of nitrogens with one attached hydrogen (secondary N) is 1. The second-order valence-electron chi connectivity index (χ2n) is 5.64. The molecule has 0 atom stereocenters. The van der Waals surface area contributed by atoms with Gasteiger partial charge in [0.05, 0.1) is 5.69 Å². The normalized spacial score (nSPS) is 10.7. The van der Waals surface area contributed by atoms with Crippen LogP contribution in [0.2, 0.25) is 0 Å². The number of aryl methyl sites for hydroxylation is 3. The molecule has 1 amide bonds. The number of hydrogen-bond acceptors (Lipinski definition) is 4. The van der Waals surface area contributed by atoms with Gasteiger partial charge in [0.1, 0.15) is 11.4 Å². The molecule has 0 aliphatic carbocycles. The molecular weight excluding hydrogens is 325 g/mol. The van der Waals surface area contributed by atoms with E-state index < -0.39 is 11.7 Å². The lowest BCUT2D eigenvalue weighted by Crippen LogP contribution is -2.23. The van der Waals surface area contributed by atoms with Gasteiger partial charge in [-0.2, -0.15) is 10.2 Å². The Bertz CT molecular complexity index is 1020. The van der Waals surface area contributed by atoms with Gasteiger partial charge in [-0.15, -0.1) is 0 Å². The van der Waals surface area contributed by atoms with Crippen LogP contribution in [0.5, 0.6) is 0 Å². The third-order valence-electron chi connectivity index (χ3n) is 3.64. The molecule has 0 fully saturated rings. The van der Waals surface area contributed by atoms with Crippen LogP contribution in [-0.4, -0.2) is 25.5 Å². The molecule has 2 aromatic heterocycles. The van der Waals surface area contributed by atoms with Gasteiger partial charge in [-0.3, -0.25) is 9.59 Å². The zero-order valence-electron chi connectivity index (χ0n) is 13.9. The number of rotatable bonds is 3. The first kappa shape index (κ1) is 16.6. The Morgan fingerprint density at radius 3 is 2.48 bits per heavy atom. The minimum Gasteiger partial charge on any atom is -0.320 e. The summed E-state index contributed by atoms with van der Waals surface area (Å²) in [7, 11) is 1.45. The van der Waals surface area contributed by atoms with E-state index in [1.807, 2.05) is 19.9 Å². The summed E-state index contributed by atoms with van der Waals surface area (Å²) in [6, 6.07) is 8.74. The predicted octanol–water partition coefficient (Wildman–Crippen LogP) is 1.97. The minimum absolute atomic E-state index is 0.0603. The zero-order chi connectivity index (χ0) is 18.1. The van der Waals surface area contributed by atoms with Crippen LogP contribution in [0.1, 0.15) is 21.9 Å². The van der Waals surface area contributed by atoms with E-state index in [-0.39, 0.29) is 16.9 Å². The van der Waals surface area contributed by atoms with Gasteiger partial charge in [-0.1, -0.05) is 0 Å². The molecule has 0 aliphatic rings. The van der Waals surface area contributed by atoms with Crippen LogP contribution >= 0.6 is 0 Å². The van der Waals surface area contributed by atoms with Gasteiger partial charge in [-0.05, 0) is 44.2 Å². The molecular formula is C17H16FN5O2. The zero-order valence-corrected chi connectivity index (χ0v) is 13.9. The van der Waals surface area contributed by atoms with E-state index in [1.165, 1.54) is 29.9 Å². The molecule has 7 nitrogen and oxygen atoms in total. The van der Waals surface area contributed by atoms with Crippen molar-refractivity contribution in [1.82, 2.24) is 19.6 Å². The summed E-state index contributed by atoms with van der Waals surface area (Å²) in [4.78, 5) is 23.5. The number of aromatic nitrogens is 4. The average Bonchev–Trinajstić information content (AvgIpc) is 2.88. The van der Waals surface area contributed by atoms with Gasteiger partial charge in [0.25, 0.3) is 11.5 Å². The average molecular weight is 341 g/mol. The first-order chi connectivity index (χ1) is 11.8. The summed E-state index contributed by atoms with van der Waals surface area (Å²) in [6.07, 6.45) is 0. The molecule has 3 rings (SSSR count). The summed E-state index contributed by atoms with van der Waals surface area (Å²) in [5.41, 5.74) is 1.91. The highest BCUT2D eigenvalue weighted by atomic mass is 19.1. The Hall–Kier alpha value is -3.29. The Labute approximate surface area is 142 Å². The lowest BCUT2D eigenvalue weighted by Gasteiger charge is -2.09. The van der Waals surface area contributed by atoms with Crippen molar-refractivity contribution < 1.29 is 9.18 Å². The van der Waals surface area contributed by atoms with Crippen LogP contribution in [0.4, 0.5) is 10.1 Å². The number of anilines is 1. The van der Waals surface area contributed by atoms with Gasteiger partial charge in [0.15, 0.2) is 5.82 Å². The molecule has 8 heteroatoms. The molecule has 0 saturated heterocycles. The lowest BCUT2D eigenvalue weighted by atomic mass is 10.2. The number of nitrogens with zero attached hydrogens (tertiary/aromatic N) is 4. The molecule has 0 aliphatic heterocycles. The molecule has 1 N–H and O–H groups in total. The molecule has 0 unspecified atom stereocenters. The quantitative estimate of drug-likeness (QED) is 0.790. The summed E-state index contributed by atoms with van der Waals surface area (Å²) in [5.74, 6) is -1.05. The molecule has 128 valence electrons. The minimum atomic E-state index is -0.533. The van der Waals surface area contributed by atoms with Crippen LogP contribution in [0, 0.1) is 19.7 Å². The Kier molecular flexibility index (Phi) is 4.18. The maximum absolute atomic E-state index is 14.4. The predicted molar refractivity (Wildman–Crippen MR) is 90.4 cm³/mol. The number of amides is 1. The van der Waals surface area contributed by atoms with E-state index in [2.05, 4.69) is 15.5 Å². The highest BCUT2D eigenvalue weighted by Crippen LogP contribution is 2.20. The Morgan fingerprint density at radius 1 is 1.12 bits per heavy atom. The summed E-state index contributed by atoms with van der Waals surface area (Å²) in [6.45, 7) is 3.66. The maximum atomic E-state index is 14.4. The van der Waals surface area contributed by atoms with Crippen LogP contribution in [0.15, 0.2) is 41.2 Å². The molecule has 0 saturated carbocycles. The van der Waals surface area contributed by atoms with E-state index in [1.54, 1.807) is 12.1 Å². The third kappa shape index (κ3) is 3.32. The molecule has 0 bridgehead atoms. The van der Waals surface area contributed by atoms with Gasteiger partial charge < -0.3 is 5.32 Å². The number of halogens is 1. The van der Waals surface area contributed by atoms with Crippen LogP contribution in [0.25, 0.3) is 5.69 Å². The van der Waals surface area contributed by atoms with Crippen molar-refractivity contribution in [1.29, 1.82) is 0 Å². The molecule has 1 aromatic carbocycles. The smallest absolute Gasteiger partial charge is 0.276 e. The van der Waals surface area contributed by atoms with Crippen LogP contribution in [-0.2, 0) is 7.05 Å². The first-order valence-electron chi connectivity index (χ1n) is 7.54. The van der Waals surface area contributed by atoms with Crippen LogP contribution < -0.4 is 10.9 Å². The van der Waals surface area contributed by atoms with Crippen molar-refractivity contribution in [3.8, 4) is 5.69 Å². The van der Waals surface area contributed by atoms with Crippen molar-refractivity contribution in [2.75, 3.05) is 5.32 Å². The number of hydrogen-bond donors (Lipinski definition) is 1. The van der Waals surface area contributed by atoms with E-state index in [0.29, 0.717) is 5.69 Å². The monoisotopic (exact) mass is 341 g/mol. The molecule has 2 heterocycles. The topological polar surface area (TPSA) is 81.8 Å². The van der Waals surface area contributed by atoms with E-state index in [4.69, 9.17) is 0 Å². The molecule has 25 heavy (non-hydrogen) atoms. The van der Waals surface area contributed by atoms with Gasteiger partial charge in [0, 0.05) is 24.5 Å². The SMILES string of the molecule is Cc1cc(C)n(-c2ccc(NC(=O)c3ccc(=O)n(C)n3)cc2F)n1. The number of carbonyl (C=O) groups excluding carboxylic acids is 1. The first-order valence-corrected chi connectivity index (χ1v) is 7.54. The molecule has 0 radical (unpaired) electrons.